The molecule has 1 fully saturated rings. The summed E-state index contributed by atoms with van der Waals surface area (Å²) in [6, 6.07) is 4.52. The predicted molar refractivity (Wildman–Crippen MR) is 89.8 cm³/mol. The van der Waals surface area contributed by atoms with Gasteiger partial charge in [-0.25, -0.2) is 14.2 Å². The van der Waals surface area contributed by atoms with Crippen LogP contribution < -0.4 is 4.90 Å². The Bertz CT molecular complexity index is 825. The lowest BCUT2D eigenvalue weighted by atomic mass is 10.3. The number of rotatable bonds is 4. The molecule has 0 spiro atoms. The lowest BCUT2D eigenvalue weighted by molar-refractivity contribution is -0.134. The zero-order valence-corrected chi connectivity index (χ0v) is 14.8. The maximum absolute atomic E-state index is 14.4. The molecule has 1 atom stereocenters. The number of hydrogen-bond acceptors (Lipinski definition) is 5. The number of likely N-dealkylation sites (N-methyl/N-ethyl adjacent to an activating group) is 1. The average molecular weight is 364 g/mol. The van der Waals surface area contributed by atoms with Crippen LogP contribution in [0, 0.1) is 5.82 Å². The van der Waals surface area contributed by atoms with E-state index in [1.807, 2.05) is 7.05 Å². The van der Waals surface area contributed by atoms with Crippen LogP contribution in [0.1, 0.15) is 6.92 Å². The number of ether oxygens (including phenoxy) is 1. The number of halogens is 1. The van der Waals surface area contributed by atoms with Crippen molar-refractivity contribution in [1.82, 2.24) is 14.5 Å². The molecule has 0 saturated carbocycles. The molecule has 132 valence electrons. The van der Waals surface area contributed by atoms with Crippen molar-refractivity contribution in [2.75, 3.05) is 18.5 Å². The highest BCUT2D eigenvalue weighted by Gasteiger charge is 2.36. The fourth-order valence-electron chi connectivity index (χ4n) is 2.35. The highest BCUT2D eigenvalue weighted by atomic mass is 32.2. The minimum atomic E-state index is -0.685. The summed E-state index contributed by atoms with van der Waals surface area (Å²) in [7, 11) is 3.38. The number of aromatic nitrogens is 2. The summed E-state index contributed by atoms with van der Waals surface area (Å²) >= 11 is 1.20. The van der Waals surface area contributed by atoms with E-state index in [1.165, 1.54) is 34.6 Å². The van der Waals surface area contributed by atoms with Crippen LogP contribution in [-0.2, 0) is 16.6 Å². The SMILES string of the molecule is CC(=O)N(C)[C@@H]1CN(c2ccc(Sc3nccn3C)c(F)c2)C(=O)O1. The van der Waals surface area contributed by atoms with Gasteiger partial charge in [-0.3, -0.25) is 9.69 Å². The zero-order valence-electron chi connectivity index (χ0n) is 14.0. The number of anilines is 1. The molecule has 0 N–H and O–H groups in total. The van der Waals surface area contributed by atoms with Crippen molar-refractivity contribution < 1.29 is 18.7 Å². The van der Waals surface area contributed by atoms with E-state index in [2.05, 4.69) is 4.98 Å². The minimum absolute atomic E-state index is 0.153. The standard InChI is InChI=1S/C16H17FN4O3S/c1-10(22)20(3)14-9-21(16(23)24-14)11-4-5-13(12(17)8-11)25-15-18-6-7-19(15)2/h4-8,14H,9H2,1-3H3/t14-/m0/s1. The Morgan fingerprint density at radius 1 is 1.48 bits per heavy atom. The summed E-state index contributed by atoms with van der Waals surface area (Å²) in [6.45, 7) is 1.54. The van der Waals surface area contributed by atoms with Crippen LogP contribution in [0.2, 0.25) is 0 Å². The molecule has 0 bridgehead atoms. The number of nitrogens with zero attached hydrogens (tertiary/aromatic N) is 4. The highest BCUT2D eigenvalue weighted by molar-refractivity contribution is 7.99. The lowest BCUT2D eigenvalue weighted by Crippen LogP contribution is -2.38. The first-order valence-corrected chi connectivity index (χ1v) is 8.34. The second-order valence-corrected chi connectivity index (χ2v) is 6.63. The molecular formula is C16H17FN4O3S. The number of cyclic esters (lactones) is 1. The molecule has 2 aromatic rings. The van der Waals surface area contributed by atoms with E-state index in [0.29, 0.717) is 15.7 Å². The molecule has 1 aliphatic heterocycles. The summed E-state index contributed by atoms with van der Waals surface area (Å²) in [5.41, 5.74) is 0.381. The van der Waals surface area contributed by atoms with Gasteiger partial charge in [0.15, 0.2) is 11.4 Å². The van der Waals surface area contributed by atoms with Crippen LogP contribution in [0.5, 0.6) is 0 Å². The van der Waals surface area contributed by atoms with E-state index in [-0.39, 0.29) is 12.5 Å². The van der Waals surface area contributed by atoms with Crippen molar-refractivity contribution in [1.29, 1.82) is 0 Å². The first kappa shape index (κ1) is 17.3. The maximum atomic E-state index is 14.4. The number of carbonyl (C=O) groups excluding carboxylic acids is 2. The van der Waals surface area contributed by atoms with Crippen LogP contribution in [0.15, 0.2) is 40.6 Å². The van der Waals surface area contributed by atoms with Gasteiger partial charge < -0.3 is 14.2 Å². The third kappa shape index (κ3) is 3.46. The Hall–Kier alpha value is -2.55. The van der Waals surface area contributed by atoms with Gasteiger partial charge in [0.25, 0.3) is 0 Å². The molecule has 9 heteroatoms. The first-order chi connectivity index (χ1) is 11.9. The number of amides is 2. The molecule has 7 nitrogen and oxygen atoms in total. The van der Waals surface area contributed by atoms with Crippen molar-refractivity contribution >= 4 is 29.4 Å². The van der Waals surface area contributed by atoms with E-state index in [9.17, 15) is 14.0 Å². The lowest BCUT2D eigenvalue weighted by Gasteiger charge is -2.20. The van der Waals surface area contributed by atoms with E-state index < -0.39 is 18.1 Å². The van der Waals surface area contributed by atoms with Crippen molar-refractivity contribution in [2.45, 2.75) is 23.2 Å². The van der Waals surface area contributed by atoms with Crippen LogP contribution in [0.4, 0.5) is 14.9 Å². The summed E-state index contributed by atoms with van der Waals surface area (Å²) in [5, 5.41) is 0.662. The molecule has 1 aliphatic rings. The van der Waals surface area contributed by atoms with Crippen molar-refractivity contribution in [3.8, 4) is 0 Å². The van der Waals surface area contributed by atoms with Gasteiger partial charge in [-0.05, 0) is 30.0 Å². The number of aryl methyl sites for hydroxylation is 1. The Kier molecular flexibility index (Phi) is 4.67. The Balaban J connectivity index is 1.78. The minimum Gasteiger partial charge on any atom is -0.423 e. The first-order valence-electron chi connectivity index (χ1n) is 7.53. The van der Waals surface area contributed by atoms with Gasteiger partial charge in [0, 0.05) is 33.4 Å². The molecule has 2 heterocycles. The van der Waals surface area contributed by atoms with Gasteiger partial charge in [0.1, 0.15) is 5.82 Å². The maximum Gasteiger partial charge on any atom is 0.416 e. The summed E-state index contributed by atoms with van der Waals surface area (Å²) in [5.74, 6) is -0.672. The molecule has 1 aromatic carbocycles. The zero-order chi connectivity index (χ0) is 18.1. The Labute approximate surface area is 148 Å². The smallest absolute Gasteiger partial charge is 0.416 e. The van der Waals surface area contributed by atoms with Gasteiger partial charge >= 0.3 is 6.09 Å². The molecule has 2 amide bonds. The topological polar surface area (TPSA) is 67.7 Å². The van der Waals surface area contributed by atoms with E-state index in [1.54, 1.807) is 36.1 Å². The van der Waals surface area contributed by atoms with Crippen molar-refractivity contribution in [2.24, 2.45) is 7.05 Å². The van der Waals surface area contributed by atoms with E-state index in [0.717, 1.165) is 0 Å². The monoisotopic (exact) mass is 364 g/mol. The summed E-state index contributed by atoms with van der Waals surface area (Å²) < 4.78 is 21.4. The normalized spacial score (nSPS) is 16.9. The van der Waals surface area contributed by atoms with Crippen molar-refractivity contribution in [3.63, 3.8) is 0 Å². The van der Waals surface area contributed by atoms with Crippen LogP contribution in [0.3, 0.4) is 0 Å². The van der Waals surface area contributed by atoms with Crippen LogP contribution in [-0.4, -0.2) is 46.3 Å². The van der Waals surface area contributed by atoms with Gasteiger partial charge in [-0.15, -0.1) is 0 Å². The quantitative estimate of drug-likeness (QED) is 0.834. The fraction of sp³-hybridized carbons (Fsp3) is 0.312. The number of imidazole rings is 1. The number of benzene rings is 1. The van der Waals surface area contributed by atoms with Crippen LogP contribution in [0.25, 0.3) is 0 Å². The molecule has 25 heavy (non-hydrogen) atoms. The molecule has 0 unspecified atom stereocenters. The fourth-order valence-corrected chi connectivity index (χ4v) is 3.16. The van der Waals surface area contributed by atoms with Gasteiger partial charge in [0.05, 0.1) is 17.1 Å². The molecule has 1 saturated heterocycles. The second kappa shape index (κ2) is 6.75. The molecule has 1 aromatic heterocycles. The molecule has 0 aliphatic carbocycles. The summed E-state index contributed by atoms with van der Waals surface area (Å²) in [6.07, 6.45) is 2.12. The third-order valence-electron chi connectivity index (χ3n) is 3.93. The predicted octanol–water partition coefficient (Wildman–Crippen LogP) is 2.47. The highest BCUT2D eigenvalue weighted by Crippen LogP contribution is 2.32. The van der Waals surface area contributed by atoms with Gasteiger partial charge in [0.2, 0.25) is 5.91 Å². The average Bonchev–Trinajstić information content (AvgIpc) is 3.14. The largest absolute Gasteiger partial charge is 0.423 e. The number of carbonyl (C=O) groups is 2. The third-order valence-corrected chi connectivity index (χ3v) is 5.06. The van der Waals surface area contributed by atoms with Gasteiger partial charge in [-0.2, -0.15) is 0 Å². The second-order valence-electron chi connectivity index (χ2n) is 5.62. The molecule has 3 rings (SSSR count). The Morgan fingerprint density at radius 2 is 2.24 bits per heavy atom. The van der Waals surface area contributed by atoms with E-state index in [4.69, 9.17) is 4.74 Å². The van der Waals surface area contributed by atoms with Gasteiger partial charge in [-0.1, -0.05) is 0 Å². The number of hydrogen-bond donors (Lipinski definition) is 0. The molecule has 0 radical (unpaired) electrons. The van der Waals surface area contributed by atoms with Crippen molar-refractivity contribution in [3.05, 3.63) is 36.4 Å². The van der Waals surface area contributed by atoms with Crippen LogP contribution >= 0.6 is 11.8 Å². The molecular weight excluding hydrogens is 347 g/mol. The Morgan fingerprint density at radius 3 is 2.84 bits per heavy atom. The van der Waals surface area contributed by atoms with E-state index >= 15 is 0 Å². The summed E-state index contributed by atoms with van der Waals surface area (Å²) in [4.78, 5) is 30.6.